The van der Waals surface area contributed by atoms with E-state index in [-0.39, 0.29) is 17.8 Å². The van der Waals surface area contributed by atoms with Crippen molar-refractivity contribution in [3.63, 3.8) is 0 Å². The molecule has 5 nitrogen and oxygen atoms in total. The molecule has 1 aromatic heterocycles. The number of esters is 1. The minimum absolute atomic E-state index is 0.110. The molecule has 0 saturated carbocycles. The summed E-state index contributed by atoms with van der Waals surface area (Å²) in [6.07, 6.45) is 1.53. The van der Waals surface area contributed by atoms with Crippen molar-refractivity contribution in [3.05, 3.63) is 40.7 Å². The Bertz CT molecular complexity index is 669. The molecule has 1 aromatic carbocycles. The predicted octanol–water partition coefficient (Wildman–Crippen LogP) is 2.08. The van der Waals surface area contributed by atoms with Crippen molar-refractivity contribution in [2.24, 2.45) is 0 Å². The first-order valence-corrected chi connectivity index (χ1v) is 8.06. The maximum Gasteiger partial charge on any atom is 0.307 e. The minimum Gasteiger partial charge on any atom is -0.465 e. The Morgan fingerprint density at radius 1 is 1.38 bits per heavy atom. The van der Waals surface area contributed by atoms with Crippen LogP contribution in [0.5, 0.6) is 0 Å². The zero-order valence-corrected chi connectivity index (χ0v) is 12.8. The monoisotopic (exact) mass is 306 g/mol. The van der Waals surface area contributed by atoms with Gasteiger partial charge in [-0.25, -0.2) is 0 Å². The molecule has 0 aliphatic heterocycles. The maximum absolute atomic E-state index is 11.7. The van der Waals surface area contributed by atoms with Gasteiger partial charge in [0.25, 0.3) is 0 Å². The number of carbonyl (C=O) groups is 1. The first kappa shape index (κ1) is 15.6. The maximum atomic E-state index is 11.7. The number of para-hydroxylation sites is 1. The molecule has 0 bridgehead atoms. The predicted molar refractivity (Wildman–Crippen MR) is 84.6 cm³/mol. The van der Waals surface area contributed by atoms with Crippen LogP contribution in [-0.2, 0) is 16.1 Å². The Morgan fingerprint density at radius 2 is 2.19 bits per heavy atom. The van der Waals surface area contributed by atoms with Gasteiger partial charge < -0.3 is 4.74 Å². The highest BCUT2D eigenvalue weighted by Crippen LogP contribution is 2.08. The Labute approximate surface area is 127 Å². The molecule has 0 saturated heterocycles. The molecule has 2 rings (SSSR count). The summed E-state index contributed by atoms with van der Waals surface area (Å²) in [6, 6.07) is 7.25. The highest BCUT2D eigenvalue weighted by molar-refractivity contribution is 7.99. The van der Waals surface area contributed by atoms with Gasteiger partial charge in [-0.2, -0.15) is 16.9 Å². The van der Waals surface area contributed by atoms with E-state index in [0.717, 1.165) is 17.0 Å². The highest BCUT2D eigenvalue weighted by atomic mass is 32.2. The highest BCUT2D eigenvalue weighted by Gasteiger charge is 2.07. The van der Waals surface area contributed by atoms with Crippen molar-refractivity contribution in [2.45, 2.75) is 19.9 Å². The van der Waals surface area contributed by atoms with E-state index in [9.17, 15) is 9.59 Å². The Kier molecular flexibility index (Phi) is 5.80. The van der Waals surface area contributed by atoms with Crippen molar-refractivity contribution in [1.82, 2.24) is 9.78 Å². The van der Waals surface area contributed by atoms with Crippen molar-refractivity contribution in [2.75, 3.05) is 18.1 Å². The SMILES string of the molecule is CCSCCOC(=O)CCn1ncc(=O)c2ccccc21. The summed E-state index contributed by atoms with van der Waals surface area (Å²) in [5, 5.41) is 4.69. The van der Waals surface area contributed by atoms with Gasteiger partial charge in [0.1, 0.15) is 6.61 Å². The Hall–Kier alpha value is -1.82. The molecule has 0 spiro atoms. The standard InChI is InChI=1S/C15H18N2O3S/c1-2-21-10-9-20-15(19)7-8-17-13-6-4-3-5-12(13)14(18)11-16-17/h3-6,11H,2,7-10H2,1H3. The van der Waals surface area contributed by atoms with Crippen LogP contribution in [0.3, 0.4) is 0 Å². The van der Waals surface area contributed by atoms with E-state index in [4.69, 9.17) is 4.74 Å². The number of hydrogen-bond donors (Lipinski definition) is 0. The van der Waals surface area contributed by atoms with Crippen LogP contribution in [-0.4, -0.2) is 33.9 Å². The lowest BCUT2D eigenvalue weighted by molar-refractivity contribution is -0.143. The van der Waals surface area contributed by atoms with E-state index in [2.05, 4.69) is 12.0 Å². The van der Waals surface area contributed by atoms with Crippen molar-refractivity contribution in [1.29, 1.82) is 0 Å². The van der Waals surface area contributed by atoms with Gasteiger partial charge >= 0.3 is 5.97 Å². The Balaban J connectivity index is 1.96. The van der Waals surface area contributed by atoms with E-state index in [0.29, 0.717) is 18.5 Å². The molecular formula is C15H18N2O3S. The number of fused-ring (bicyclic) bond motifs is 1. The van der Waals surface area contributed by atoms with Gasteiger partial charge in [-0.3, -0.25) is 14.3 Å². The van der Waals surface area contributed by atoms with Crippen molar-refractivity contribution < 1.29 is 9.53 Å². The van der Waals surface area contributed by atoms with Crippen molar-refractivity contribution >= 4 is 28.6 Å². The van der Waals surface area contributed by atoms with Crippen LogP contribution in [0, 0.1) is 0 Å². The molecule has 6 heteroatoms. The first-order chi connectivity index (χ1) is 10.2. The molecule has 0 aliphatic rings. The third kappa shape index (κ3) is 4.32. The van der Waals surface area contributed by atoms with Gasteiger partial charge in [-0.05, 0) is 17.9 Å². The summed E-state index contributed by atoms with van der Waals surface area (Å²) in [5.74, 6) is 1.60. The molecule has 0 N–H and O–H groups in total. The molecule has 0 unspecified atom stereocenters. The van der Waals surface area contributed by atoms with E-state index in [1.54, 1.807) is 22.5 Å². The van der Waals surface area contributed by atoms with Gasteiger partial charge in [0.05, 0.1) is 24.7 Å². The number of rotatable bonds is 7. The smallest absolute Gasteiger partial charge is 0.307 e. The summed E-state index contributed by atoms with van der Waals surface area (Å²) in [4.78, 5) is 23.4. The molecule has 1 heterocycles. The number of benzene rings is 1. The molecule has 112 valence electrons. The van der Waals surface area contributed by atoms with Crippen LogP contribution >= 0.6 is 11.8 Å². The normalized spacial score (nSPS) is 10.7. The molecule has 0 atom stereocenters. The fraction of sp³-hybridized carbons (Fsp3) is 0.400. The lowest BCUT2D eigenvalue weighted by Gasteiger charge is -2.09. The third-order valence-electron chi connectivity index (χ3n) is 2.98. The number of aromatic nitrogens is 2. The molecule has 0 aliphatic carbocycles. The summed E-state index contributed by atoms with van der Waals surface area (Å²) < 4.78 is 6.80. The summed E-state index contributed by atoms with van der Waals surface area (Å²) in [5.41, 5.74) is 0.625. The average Bonchev–Trinajstić information content (AvgIpc) is 2.51. The number of nitrogens with zero attached hydrogens (tertiary/aromatic N) is 2. The molecule has 0 amide bonds. The number of carbonyl (C=O) groups excluding carboxylic acids is 1. The van der Waals surface area contributed by atoms with E-state index in [1.165, 1.54) is 6.20 Å². The van der Waals surface area contributed by atoms with Crippen LogP contribution in [0.4, 0.5) is 0 Å². The summed E-state index contributed by atoms with van der Waals surface area (Å²) in [7, 11) is 0. The van der Waals surface area contributed by atoms with Gasteiger partial charge in [-0.15, -0.1) is 0 Å². The minimum atomic E-state index is -0.240. The lowest BCUT2D eigenvalue weighted by Crippen LogP contribution is -2.16. The summed E-state index contributed by atoms with van der Waals surface area (Å²) >= 11 is 1.74. The first-order valence-electron chi connectivity index (χ1n) is 6.90. The van der Waals surface area contributed by atoms with Crippen LogP contribution in [0.1, 0.15) is 13.3 Å². The molecule has 0 radical (unpaired) electrons. The van der Waals surface area contributed by atoms with E-state index < -0.39 is 0 Å². The van der Waals surface area contributed by atoms with E-state index in [1.807, 2.05) is 18.2 Å². The van der Waals surface area contributed by atoms with Crippen molar-refractivity contribution in [3.8, 4) is 0 Å². The van der Waals surface area contributed by atoms with E-state index >= 15 is 0 Å². The number of aryl methyl sites for hydroxylation is 1. The quantitative estimate of drug-likeness (QED) is 0.579. The number of thioether (sulfide) groups is 1. The molecule has 2 aromatic rings. The topological polar surface area (TPSA) is 61.2 Å². The van der Waals surface area contributed by atoms with Gasteiger partial charge in [0.2, 0.25) is 5.43 Å². The molecular weight excluding hydrogens is 288 g/mol. The average molecular weight is 306 g/mol. The van der Waals surface area contributed by atoms with Gasteiger partial charge in [-0.1, -0.05) is 19.1 Å². The second-order valence-electron chi connectivity index (χ2n) is 4.42. The van der Waals surface area contributed by atoms with Crippen LogP contribution in [0.25, 0.3) is 10.9 Å². The number of hydrogen-bond acceptors (Lipinski definition) is 5. The summed E-state index contributed by atoms with van der Waals surface area (Å²) in [6.45, 7) is 2.91. The van der Waals surface area contributed by atoms with Gasteiger partial charge in [0.15, 0.2) is 0 Å². The lowest BCUT2D eigenvalue weighted by atomic mass is 10.2. The molecule has 21 heavy (non-hydrogen) atoms. The fourth-order valence-electron chi connectivity index (χ4n) is 1.97. The Morgan fingerprint density at radius 3 is 3.00 bits per heavy atom. The largest absolute Gasteiger partial charge is 0.465 e. The number of ether oxygens (including phenoxy) is 1. The third-order valence-corrected chi connectivity index (χ3v) is 3.85. The zero-order chi connectivity index (χ0) is 15.1. The second-order valence-corrected chi connectivity index (χ2v) is 5.81. The molecule has 0 fully saturated rings. The zero-order valence-electron chi connectivity index (χ0n) is 11.9. The van der Waals surface area contributed by atoms with Gasteiger partial charge in [0, 0.05) is 11.1 Å². The van der Waals surface area contributed by atoms with Crippen LogP contribution in [0.15, 0.2) is 35.3 Å². The second kappa shape index (κ2) is 7.83. The van der Waals surface area contributed by atoms with Crippen LogP contribution < -0.4 is 5.43 Å². The fourth-order valence-corrected chi connectivity index (χ4v) is 2.46. The van der Waals surface area contributed by atoms with Crippen LogP contribution in [0.2, 0.25) is 0 Å².